The Balaban J connectivity index is -0.0000000277. The average molecular weight is 507 g/mol. The SMILES string of the molecule is N.O=S(=O)([O-])[O-].O=S(=O)([O-])[O-].O=S(=O)([O-])[O-].[Ru+3].[Ru+3]. The Labute approximate surface area is 128 Å². The van der Waals surface area contributed by atoms with Crippen molar-refractivity contribution in [3.05, 3.63) is 0 Å². The monoisotopic (exact) mass is 509 g/mol. The molecule has 0 rings (SSSR count). The van der Waals surface area contributed by atoms with Crippen LogP contribution in [0.3, 0.4) is 0 Å². The normalized spacial score (nSPS) is 9.67. The molecule has 0 aromatic heterocycles. The van der Waals surface area contributed by atoms with Gasteiger partial charge < -0.3 is 33.5 Å². The molecule has 0 aromatic carbocycles. The van der Waals surface area contributed by atoms with E-state index in [1.165, 1.54) is 0 Å². The molecular weight excluding hydrogens is 504 g/mol. The zero-order chi connectivity index (χ0) is 13.5. The zero-order valence-electron chi connectivity index (χ0n) is 7.54. The van der Waals surface area contributed by atoms with Gasteiger partial charge in [-0.3, -0.25) is 25.3 Å². The van der Waals surface area contributed by atoms with Crippen LogP contribution in [0.5, 0.6) is 0 Å². The van der Waals surface area contributed by atoms with Gasteiger partial charge in [0.2, 0.25) is 0 Å². The Bertz CT molecular complexity index is 346. The molecule has 0 aliphatic carbocycles. The van der Waals surface area contributed by atoms with Crippen LogP contribution in [0, 0.1) is 0 Å². The predicted octanol–water partition coefficient (Wildman–Crippen LogP) is -3.86. The van der Waals surface area contributed by atoms with Crippen molar-refractivity contribution in [1.82, 2.24) is 6.15 Å². The standard InChI is InChI=1S/H3N.3H2O4S.2Ru/c;3*1-5(2,3)4;;/h1H3;3*(H2,1,2,3,4);;/q;;;;2*+3/p-6. The van der Waals surface area contributed by atoms with Gasteiger partial charge in [-0.25, -0.2) is 0 Å². The second kappa shape index (κ2) is 14.2. The minimum absolute atomic E-state index is 0. The maximum Gasteiger partial charge on any atom is 3.00 e. The quantitative estimate of drug-likeness (QED) is 0.187. The summed E-state index contributed by atoms with van der Waals surface area (Å²) in [6.45, 7) is 0. The van der Waals surface area contributed by atoms with Crippen LogP contribution in [0.15, 0.2) is 0 Å². The Morgan fingerprint density at radius 1 is 0.444 bits per heavy atom. The number of hydrogen-bond donors (Lipinski definition) is 1. The van der Waals surface area contributed by atoms with Gasteiger partial charge in [0, 0.05) is 31.2 Å². The second-order valence-electron chi connectivity index (χ2n) is 1.22. The minimum Gasteiger partial charge on any atom is -0.759 e. The van der Waals surface area contributed by atoms with E-state index in [0.717, 1.165) is 0 Å². The Kier molecular flexibility index (Phi) is 28.7. The largest absolute Gasteiger partial charge is 3.00 e. The summed E-state index contributed by atoms with van der Waals surface area (Å²) in [5.74, 6) is 0. The fraction of sp³-hybridized carbons (Fsp3) is 0. The molecule has 0 saturated carbocycles. The molecule has 0 spiro atoms. The molecule has 0 bridgehead atoms. The number of hydrogen-bond acceptors (Lipinski definition) is 13. The Morgan fingerprint density at radius 2 is 0.444 bits per heavy atom. The van der Waals surface area contributed by atoms with Crippen LogP contribution in [0.25, 0.3) is 0 Å². The van der Waals surface area contributed by atoms with E-state index in [4.69, 9.17) is 52.6 Å². The van der Waals surface area contributed by atoms with E-state index in [2.05, 4.69) is 0 Å². The van der Waals surface area contributed by atoms with Crippen LogP contribution in [-0.4, -0.2) is 52.6 Å². The molecule has 18 heteroatoms. The third-order valence-corrected chi connectivity index (χ3v) is 0. The molecule has 0 aromatic rings. The van der Waals surface area contributed by atoms with Crippen LogP contribution < -0.4 is 6.15 Å². The van der Waals surface area contributed by atoms with E-state index in [9.17, 15) is 0 Å². The van der Waals surface area contributed by atoms with Crippen molar-refractivity contribution in [2.75, 3.05) is 0 Å². The van der Waals surface area contributed by atoms with E-state index in [-0.39, 0.29) is 45.1 Å². The van der Waals surface area contributed by atoms with Gasteiger partial charge in [0.25, 0.3) is 0 Å². The second-order valence-corrected chi connectivity index (χ2v) is 3.67. The molecule has 0 unspecified atom stereocenters. The number of rotatable bonds is 0. The third-order valence-electron chi connectivity index (χ3n) is 0. The molecule has 0 amide bonds. The van der Waals surface area contributed by atoms with E-state index >= 15 is 0 Å². The minimum atomic E-state index is -5.17. The van der Waals surface area contributed by atoms with E-state index in [0.29, 0.717) is 0 Å². The van der Waals surface area contributed by atoms with Crippen LogP contribution in [-0.2, 0) is 70.2 Å². The third kappa shape index (κ3) is 6310. The topological polar surface area (TPSA) is 276 Å². The predicted molar refractivity (Wildman–Crippen MR) is 36.4 cm³/mol. The molecule has 3 N–H and O–H groups in total. The molecule has 0 aliphatic heterocycles. The molecular formula is H3NO12Ru2S3. The smallest absolute Gasteiger partial charge is 0.759 e. The van der Waals surface area contributed by atoms with Crippen molar-refractivity contribution < 1.29 is 91.5 Å². The van der Waals surface area contributed by atoms with Crippen LogP contribution in [0.4, 0.5) is 0 Å². The fourth-order valence-electron chi connectivity index (χ4n) is 0. The molecule has 2 radical (unpaired) electrons. The summed E-state index contributed by atoms with van der Waals surface area (Å²) >= 11 is 0. The molecule has 0 fully saturated rings. The van der Waals surface area contributed by atoms with Crippen molar-refractivity contribution in [2.45, 2.75) is 0 Å². The van der Waals surface area contributed by atoms with Crippen molar-refractivity contribution in [3.8, 4) is 0 Å². The summed E-state index contributed by atoms with van der Waals surface area (Å²) in [6.07, 6.45) is 0. The molecule has 0 heterocycles. The summed E-state index contributed by atoms with van der Waals surface area (Å²) in [4.78, 5) is 0. The van der Waals surface area contributed by atoms with Gasteiger partial charge in [0.05, 0.1) is 0 Å². The van der Waals surface area contributed by atoms with Gasteiger partial charge in [-0.1, -0.05) is 0 Å². The van der Waals surface area contributed by atoms with Gasteiger partial charge in [-0.05, 0) is 0 Å². The van der Waals surface area contributed by atoms with Crippen molar-refractivity contribution >= 4 is 31.2 Å². The van der Waals surface area contributed by atoms with Crippen molar-refractivity contribution in [3.63, 3.8) is 0 Å². The van der Waals surface area contributed by atoms with Crippen molar-refractivity contribution in [1.29, 1.82) is 0 Å². The van der Waals surface area contributed by atoms with Crippen LogP contribution in [0.1, 0.15) is 0 Å². The summed E-state index contributed by atoms with van der Waals surface area (Å²) in [5, 5.41) is 0. The van der Waals surface area contributed by atoms with E-state index < -0.39 is 31.2 Å². The van der Waals surface area contributed by atoms with E-state index in [1.807, 2.05) is 0 Å². The Hall–Kier alpha value is 0.817. The van der Waals surface area contributed by atoms with Crippen LogP contribution in [0.2, 0.25) is 0 Å². The summed E-state index contributed by atoms with van der Waals surface area (Å²) in [6, 6.07) is 0. The maximum absolute atomic E-state index is 8.52. The molecule has 13 nitrogen and oxygen atoms in total. The molecule has 18 heavy (non-hydrogen) atoms. The first-order chi connectivity index (χ1) is 6.00. The van der Waals surface area contributed by atoms with Crippen LogP contribution >= 0.6 is 0 Å². The molecule has 0 aliphatic rings. The molecule has 114 valence electrons. The first-order valence-electron chi connectivity index (χ1n) is 2.00. The summed E-state index contributed by atoms with van der Waals surface area (Å²) in [5.41, 5.74) is 0. The van der Waals surface area contributed by atoms with E-state index in [1.54, 1.807) is 0 Å². The first kappa shape index (κ1) is 36.4. The average Bonchev–Trinajstić information content (AvgIpc) is 1.41. The molecule has 0 atom stereocenters. The first-order valence-corrected chi connectivity index (χ1v) is 6.00. The maximum atomic E-state index is 8.52. The van der Waals surface area contributed by atoms with Crippen molar-refractivity contribution in [2.24, 2.45) is 0 Å². The van der Waals surface area contributed by atoms with Gasteiger partial charge in [0.15, 0.2) is 0 Å². The summed E-state index contributed by atoms with van der Waals surface area (Å²) < 4.78 is 102. The van der Waals surface area contributed by atoms with Gasteiger partial charge >= 0.3 is 39.0 Å². The fourth-order valence-corrected chi connectivity index (χ4v) is 0. The summed E-state index contributed by atoms with van der Waals surface area (Å²) in [7, 11) is -15.5. The van der Waals surface area contributed by atoms with Gasteiger partial charge in [-0.2, -0.15) is 0 Å². The zero-order valence-corrected chi connectivity index (χ0v) is 13.5. The Morgan fingerprint density at radius 3 is 0.444 bits per heavy atom. The van der Waals surface area contributed by atoms with Gasteiger partial charge in [-0.15, -0.1) is 0 Å². The molecule has 0 saturated heterocycles. The van der Waals surface area contributed by atoms with Gasteiger partial charge in [0.1, 0.15) is 0 Å².